The lowest BCUT2D eigenvalue weighted by atomic mass is 10.2. The molecular formula is C23H27N8OS2+. The SMILES string of the molecule is C/C(N)=C/C(N)=Nc1cc(N2CCC2)[nH+]c(Sc2ccc(NC(=O)c3sc(C)nc3C)cc2)n1. The van der Waals surface area contributed by atoms with Crippen molar-refractivity contribution in [2.45, 2.75) is 37.2 Å². The predicted molar refractivity (Wildman–Crippen MR) is 137 cm³/mol. The number of aliphatic imine (C=N–C) groups is 1. The van der Waals surface area contributed by atoms with Crippen molar-refractivity contribution in [1.82, 2.24) is 9.97 Å². The number of anilines is 2. The Hall–Kier alpha value is -3.44. The highest BCUT2D eigenvalue weighted by molar-refractivity contribution is 7.99. The minimum atomic E-state index is -0.150. The Morgan fingerprint density at radius 2 is 1.97 bits per heavy atom. The van der Waals surface area contributed by atoms with Crippen molar-refractivity contribution in [3.8, 4) is 0 Å². The molecule has 6 N–H and O–H groups in total. The van der Waals surface area contributed by atoms with Gasteiger partial charge in [0.25, 0.3) is 5.91 Å². The summed E-state index contributed by atoms with van der Waals surface area (Å²) in [6, 6.07) is 9.50. The fraction of sp³-hybridized carbons (Fsp3) is 0.261. The lowest BCUT2D eigenvalue weighted by molar-refractivity contribution is -0.420. The Morgan fingerprint density at radius 3 is 2.56 bits per heavy atom. The minimum Gasteiger partial charge on any atom is -0.402 e. The van der Waals surface area contributed by atoms with Gasteiger partial charge in [-0.3, -0.25) is 9.69 Å². The summed E-state index contributed by atoms with van der Waals surface area (Å²) in [7, 11) is 0. The lowest BCUT2D eigenvalue weighted by Gasteiger charge is -2.26. The van der Waals surface area contributed by atoms with E-state index in [1.54, 1.807) is 13.0 Å². The van der Waals surface area contributed by atoms with Crippen LogP contribution < -0.4 is 26.7 Å². The van der Waals surface area contributed by atoms with Crippen LogP contribution in [-0.4, -0.2) is 34.8 Å². The summed E-state index contributed by atoms with van der Waals surface area (Å²) in [5.41, 5.74) is 13.7. The van der Waals surface area contributed by atoms with E-state index in [9.17, 15) is 4.79 Å². The quantitative estimate of drug-likeness (QED) is 0.259. The van der Waals surface area contributed by atoms with Crippen molar-refractivity contribution in [2.75, 3.05) is 23.3 Å². The normalized spacial score (nSPS) is 14.1. The second-order valence-corrected chi connectivity index (χ2v) is 10.2. The molecule has 9 nitrogen and oxygen atoms in total. The third kappa shape index (κ3) is 5.91. The smallest absolute Gasteiger partial charge is 0.303 e. The Labute approximate surface area is 206 Å². The zero-order valence-corrected chi connectivity index (χ0v) is 20.9. The second-order valence-electron chi connectivity index (χ2n) is 7.92. The number of hydrogen-bond donors (Lipinski definition) is 3. The molecule has 1 fully saturated rings. The summed E-state index contributed by atoms with van der Waals surface area (Å²) < 4.78 is 0. The maximum absolute atomic E-state index is 12.6. The van der Waals surface area contributed by atoms with Crippen LogP contribution in [0.25, 0.3) is 0 Å². The topological polar surface area (TPSA) is 137 Å². The van der Waals surface area contributed by atoms with Crippen LogP contribution in [-0.2, 0) is 0 Å². The predicted octanol–water partition coefficient (Wildman–Crippen LogP) is 3.43. The number of aryl methyl sites for hydroxylation is 2. The van der Waals surface area contributed by atoms with Gasteiger partial charge >= 0.3 is 5.16 Å². The summed E-state index contributed by atoms with van der Waals surface area (Å²) >= 11 is 2.87. The van der Waals surface area contributed by atoms with Crippen molar-refractivity contribution >= 4 is 52.2 Å². The van der Waals surface area contributed by atoms with Gasteiger partial charge in [-0.25, -0.2) is 9.97 Å². The largest absolute Gasteiger partial charge is 0.402 e. The zero-order valence-electron chi connectivity index (χ0n) is 19.3. The number of amides is 1. The second kappa shape index (κ2) is 10.2. The van der Waals surface area contributed by atoms with Gasteiger partial charge in [-0.15, -0.1) is 11.3 Å². The molecule has 0 saturated carbocycles. The van der Waals surface area contributed by atoms with Crippen molar-refractivity contribution in [1.29, 1.82) is 0 Å². The number of amidine groups is 1. The first-order valence-electron chi connectivity index (χ1n) is 10.8. The molecule has 3 aromatic rings. The highest BCUT2D eigenvalue weighted by Crippen LogP contribution is 2.29. The first kappa shape index (κ1) is 23.7. The van der Waals surface area contributed by atoms with Crippen LogP contribution in [0.5, 0.6) is 0 Å². The Bertz CT molecular complexity index is 1260. The number of nitrogens with zero attached hydrogens (tertiary/aromatic N) is 4. The maximum Gasteiger partial charge on any atom is 0.303 e. The molecule has 1 aliphatic heterocycles. The Balaban J connectivity index is 1.51. The average molecular weight is 496 g/mol. The van der Waals surface area contributed by atoms with Crippen LogP contribution in [0.15, 0.2) is 57.1 Å². The summed E-state index contributed by atoms with van der Waals surface area (Å²) in [5.74, 6) is 1.61. The lowest BCUT2D eigenvalue weighted by Crippen LogP contribution is -2.41. The van der Waals surface area contributed by atoms with Crippen LogP contribution in [0.1, 0.15) is 33.7 Å². The number of aromatic amines is 1. The molecule has 1 amide bonds. The molecule has 0 aliphatic carbocycles. The number of aromatic nitrogens is 3. The van der Waals surface area contributed by atoms with Gasteiger partial charge in [-0.2, -0.15) is 4.99 Å². The number of benzene rings is 1. The van der Waals surface area contributed by atoms with E-state index >= 15 is 0 Å². The van der Waals surface area contributed by atoms with Gasteiger partial charge in [0.1, 0.15) is 10.7 Å². The number of allylic oxidation sites excluding steroid dienone is 1. The van der Waals surface area contributed by atoms with Gasteiger partial charge in [0.15, 0.2) is 0 Å². The number of hydrogen-bond acceptors (Lipinski definition) is 8. The number of thiazole rings is 1. The van der Waals surface area contributed by atoms with Crippen molar-refractivity contribution in [3.63, 3.8) is 0 Å². The molecule has 1 saturated heterocycles. The first-order valence-corrected chi connectivity index (χ1v) is 12.4. The Morgan fingerprint density at radius 1 is 1.24 bits per heavy atom. The van der Waals surface area contributed by atoms with Gasteiger partial charge in [-0.1, -0.05) is 4.98 Å². The molecule has 1 aliphatic rings. The summed E-state index contributed by atoms with van der Waals surface area (Å²) in [4.78, 5) is 33.1. The van der Waals surface area contributed by atoms with Gasteiger partial charge in [-0.05, 0) is 62.9 Å². The molecule has 0 bridgehead atoms. The maximum atomic E-state index is 12.6. The average Bonchev–Trinajstić information content (AvgIpc) is 3.05. The molecule has 34 heavy (non-hydrogen) atoms. The first-order chi connectivity index (χ1) is 16.3. The molecule has 2 aromatic heterocycles. The third-order valence-electron chi connectivity index (χ3n) is 4.97. The molecule has 0 radical (unpaired) electrons. The van der Waals surface area contributed by atoms with E-state index in [1.807, 2.05) is 44.2 Å². The number of carbonyl (C=O) groups excluding carboxylic acids is 1. The molecule has 4 rings (SSSR count). The van der Waals surface area contributed by atoms with Crippen molar-refractivity contribution < 1.29 is 9.78 Å². The summed E-state index contributed by atoms with van der Waals surface area (Å²) in [6.07, 6.45) is 2.76. The molecular weight excluding hydrogens is 468 g/mol. The standard InChI is InChI=1S/C23H26N8OS2/c1-13(24)11-18(25)28-19-12-20(31-9-4-10-31)30-23(29-19)34-17-7-5-16(6-8-17)27-22(32)21-14(2)26-15(3)33-21/h5-8,11-12H,4,9-10,24H2,1-3H3,(H,27,32)(H2,25,28,29,30)/p+1/b13-11-. The van der Waals surface area contributed by atoms with Crippen LogP contribution in [0.2, 0.25) is 0 Å². The fourth-order valence-corrected chi connectivity index (χ4v) is 4.92. The van der Waals surface area contributed by atoms with Gasteiger partial charge < -0.3 is 16.8 Å². The number of nitrogens with one attached hydrogen (secondary N) is 2. The molecule has 3 heterocycles. The van der Waals surface area contributed by atoms with Crippen LogP contribution in [0, 0.1) is 13.8 Å². The van der Waals surface area contributed by atoms with E-state index in [4.69, 9.17) is 11.5 Å². The molecule has 11 heteroatoms. The zero-order chi connectivity index (χ0) is 24.2. The van der Waals surface area contributed by atoms with Gasteiger partial charge in [0.05, 0.1) is 29.9 Å². The molecule has 1 aromatic carbocycles. The molecule has 0 unspecified atom stereocenters. The monoisotopic (exact) mass is 495 g/mol. The third-order valence-corrected chi connectivity index (χ3v) is 6.94. The van der Waals surface area contributed by atoms with E-state index in [0.29, 0.717) is 33.1 Å². The van der Waals surface area contributed by atoms with Crippen molar-refractivity contribution in [2.24, 2.45) is 16.5 Å². The van der Waals surface area contributed by atoms with E-state index in [0.717, 1.165) is 40.9 Å². The fourth-order valence-electron chi connectivity index (χ4n) is 3.31. The Kier molecular flexibility index (Phi) is 7.13. The van der Waals surface area contributed by atoms with Crippen LogP contribution >= 0.6 is 23.1 Å². The number of rotatable bonds is 7. The van der Waals surface area contributed by atoms with E-state index in [-0.39, 0.29) is 5.91 Å². The molecule has 0 atom stereocenters. The summed E-state index contributed by atoms with van der Waals surface area (Å²) in [5, 5.41) is 4.50. The number of H-pyrrole nitrogens is 1. The van der Waals surface area contributed by atoms with E-state index < -0.39 is 0 Å². The van der Waals surface area contributed by atoms with E-state index in [1.165, 1.54) is 23.1 Å². The molecule has 176 valence electrons. The highest BCUT2D eigenvalue weighted by Gasteiger charge is 2.24. The summed E-state index contributed by atoms with van der Waals surface area (Å²) in [6.45, 7) is 7.46. The van der Waals surface area contributed by atoms with Gasteiger partial charge in [0, 0.05) is 22.7 Å². The van der Waals surface area contributed by atoms with Crippen LogP contribution in [0.4, 0.5) is 17.3 Å². The van der Waals surface area contributed by atoms with Gasteiger partial charge in [0.2, 0.25) is 11.6 Å². The van der Waals surface area contributed by atoms with E-state index in [2.05, 4.69) is 30.2 Å². The highest BCUT2D eigenvalue weighted by atomic mass is 32.2. The minimum absolute atomic E-state index is 0.150. The number of nitrogens with two attached hydrogens (primary N) is 2. The number of carbonyl (C=O) groups is 1. The molecule has 0 spiro atoms. The van der Waals surface area contributed by atoms with Crippen molar-refractivity contribution in [3.05, 3.63) is 57.7 Å². The van der Waals surface area contributed by atoms with Crippen LogP contribution in [0.3, 0.4) is 0 Å².